The van der Waals surface area contributed by atoms with Gasteiger partial charge in [0.15, 0.2) is 5.78 Å². The molecule has 8 atom stereocenters. The highest BCUT2D eigenvalue weighted by Crippen LogP contribution is 2.69. The molecule has 1 aromatic heterocycles. The maximum Gasteiger partial charge on any atom is 0.159 e. The molecule has 1 N–H and O–H groups in total. The quantitative estimate of drug-likeness (QED) is 0.492. The van der Waals surface area contributed by atoms with E-state index >= 15 is 0 Å². The Bertz CT molecular complexity index is 1180. The molecule has 0 bridgehead atoms. The number of hydrogen-bond donors (Lipinski definition) is 1. The van der Waals surface area contributed by atoms with Gasteiger partial charge in [0.2, 0.25) is 0 Å². The predicted molar refractivity (Wildman–Crippen MR) is 144 cm³/mol. The Morgan fingerprint density at radius 3 is 2.73 bits per heavy atom. The molecule has 8 unspecified atom stereocenters. The Morgan fingerprint density at radius 2 is 1.95 bits per heavy atom. The fraction of sp³-hybridized carbons (Fsp3) is 0.767. The van der Waals surface area contributed by atoms with E-state index in [0.29, 0.717) is 34.2 Å². The molecule has 202 valence electrons. The molecule has 4 fully saturated rings. The van der Waals surface area contributed by atoms with Crippen molar-refractivity contribution >= 4 is 28.4 Å². The molecule has 7 heteroatoms. The fourth-order valence-corrected chi connectivity index (χ4v) is 10.0. The number of carbonyl (C=O) groups excluding carboxylic acids is 1. The van der Waals surface area contributed by atoms with Crippen molar-refractivity contribution in [3.63, 3.8) is 0 Å². The van der Waals surface area contributed by atoms with Crippen molar-refractivity contribution in [1.82, 2.24) is 15.0 Å². The van der Waals surface area contributed by atoms with Crippen molar-refractivity contribution in [2.75, 3.05) is 13.7 Å². The first-order chi connectivity index (χ1) is 17.7. The van der Waals surface area contributed by atoms with Crippen LogP contribution in [-0.4, -0.2) is 45.2 Å². The maximum absolute atomic E-state index is 13.7. The average molecular weight is 528 g/mol. The number of aliphatic hydroxyl groups is 1. The van der Waals surface area contributed by atoms with Crippen LogP contribution in [0.5, 0.6) is 0 Å². The van der Waals surface area contributed by atoms with E-state index < -0.39 is 5.60 Å². The van der Waals surface area contributed by atoms with Gasteiger partial charge in [-0.3, -0.25) is 4.79 Å². The smallest absolute Gasteiger partial charge is 0.159 e. The number of aromatic nitrogens is 3. The molecule has 4 aliphatic rings. The molecule has 6 rings (SSSR count). The second kappa shape index (κ2) is 9.31. The zero-order valence-corrected chi connectivity index (χ0v) is 23.3. The van der Waals surface area contributed by atoms with Gasteiger partial charge in [-0.15, -0.1) is 0 Å². The number of rotatable bonds is 6. The van der Waals surface area contributed by atoms with E-state index in [9.17, 15) is 9.90 Å². The molecule has 0 spiro atoms. The van der Waals surface area contributed by atoms with Crippen LogP contribution in [0.4, 0.5) is 0 Å². The maximum atomic E-state index is 13.7. The monoisotopic (exact) mass is 527 g/mol. The molecule has 4 aliphatic carbocycles. The van der Waals surface area contributed by atoms with Gasteiger partial charge < -0.3 is 9.84 Å². The summed E-state index contributed by atoms with van der Waals surface area (Å²) in [7, 11) is 1.82. The van der Waals surface area contributed by atoms with Crippen molar-refractivity contribution in [2.24, 2.45) is 40.4 Å². The van der Waals surface area contributed by atoms with Gasteiger partial charge in [-0.05, 0) is 118 Å². The standard InChI is InChI=1S/C30H42ClN3O3/c1-28(36)13-14-30(15-16-37-3)19(17-28)7-8-20-21-9-10-23(29(21,2)12-11-22(20)30)26(35)18-34-32-25-6-4-5-24(31)27(25)33-34/h4-6,19-23,36H,7-18H2,1-3H3. The Balaban J connectivity index is 1.23. The number of hydrogen-bond acceptors (Lipinski definition) is 5. The van der Waals surface area contributed by atoms with Crippen LogP contribution in [0.1, 0.15) is 78.1 Å². The fourth-order valence-electron chi connectivity index (χ4n) is 9.82. The predicted octanol–water partition coefficient (Wildman–Crippen LogP) is 6.08. The molecule has 1 aromatic carbocycles. The minimum Gasteiger partial charge on any atom is -0.390 e. The highest BCUT2D eigenvalue weighted by atomic mass is 35.5. The lowest BCUT2D eigenvalue weighted by molar-refractivity contribution is -0.163. The first-order valence-electron chi connectivity index (χ1n) is 14.4. The lowest BCUT2D eigenvalue weighted by atomic mass is 9.42. The number of ether oxygens (including phenoxy) is 1. The summed E-state index contributed by atoms with van der Waals surface area (Å²) in [5.74, 6) is 2.89. The normalized spacial score (nSPS) is 41.3. The van der Waals surface area contributed by atoms with Crippen molar-refractivity contribution in [3.8, 4) is 0 Å². The summed E-state index contributed by atoms with van der Waals surface area (Å²) in [5.41, 5.74) is 1.21. The average Bonchev–Trinajstić information content (AvgIpc) is 3.43. The van der Waals surface area contributed by atoms with E-state index in [1.54, 1.807) is 4.80 Å². The molecule has 0 aliphatic heterocycles. The molecule has 4 saturated carbocycles. The third-order valence-electron chi connectivity index (χ3n) is 11.5. The van der Waals surface area contributed by atoms with Crippen LogP contribution in [0.15, 0.2) is 18.2 Å². The molecule has 37 heavy (non-hydrogen) atoms. The third-order valence-corrected chi connectivity index (χ3v) is 11.8. The van der Waals surface area contributed by atoms with E-state index in [2.05, 4.69) is 17.1 Å². The van der Waals surface area contributed by atoms with Crippen LogP contribution < -0.4 is 0 Å². The van der Waals surface area contributed by atoms with Crippen molar-refractivity contribution in [3.05, 3.63) is 23.2 Å². The molecule has 0 amide bonds. The first-order valence-corrected chi connectivity index (χ1v) is 14.8. The number of benzene rings is 1. The molecule has 0 radical (unpaired) electrons. The number of Topliss-reactive ketones (excluding diaryl/α,β-unsaturated/α-hetero) is 1. The number of carbonyl (C=O) groups is 1. The molecule has 1 heterocycles. The SMILES string of the molecule is COCCC12CCC(C)(O)CC1CCC1C3CCC(C(=O)Cn4nc5cccc(Cl)c5n4)C3(C)CCC12. The number of methoxy groups -OCH3 is 1. The second-order valence-corrected chi connectivity index (χ2v) is 13.7. The summed E-state index contributed by atoms with van der Waals surface area (Å²) in [6.07, 6.45) is 10.9. The van der Waals surface area contributed by atoms with E-state index in [0.717, 1.165) is 57.1 Å². The third kappa shape index (κ3) is 4.17. The van der Waals surface area contributed by atoms with Gasteiger partial charge in [-0.25, -0.2) is 0 Å². The van der Waals surface area contributed by atoms with Crippen LogP contribution in [0, 0.1) is 40.4 Å². The van der Waals surface area contributed by atoms with E-state index in [4.69, 9.17) is 16.3 Å². The summed E-state index contributed by atoms with van der Waals surface area (Å²) in [5, 5.41) is 20.6. The summed E-state index contributed by atoms with van der Waals surface area (Å²) in [6, 6.07) is 5.57. The van der Waals surface area contributed by atoms with Gasteiger partial charge in [-0.2, -0.15) is 15.0 Å². The van der Waals surface area contributed by atoms with Crippen LogP contribution in [0.3, 0.4) is 0 Å². The largest absolute Gasteiger partial charge is 0.390 e. The molecule has 2 aromatic rings. The summed E-state index contributed by atoms with van der Waals surface area (Å²) in [4.78, 5) is 15.3. The lowest BCUT2D eigenvalue weighted by Gasteiger charge is -2.63. The Morgan fingerprint density at radius 1 is 1.11 bits per heavy atom. The molecule has 0 saturated heterocycles. The van der Waals surface area contributed by atoms with Crippen molar-refractivity contribution < 1.29 is 14.6 Å². The molecular weight excluding hydrogens is 486 g/mol. The minimum atomic E-state index is -0.530. The van der Waals surface area contributed by atoms with Crippen LogP contribution in [0.2, 0.25) is 5.02 Å². The lowest BCUT2D eigenvalue weighted by Crippen LogP contribution is -2.57. The van der Waals surface area contributed by atoms with Gasteiger partial charge in [0, 0.05) is 19.6 Å². The van der Waals surface area contributed by atoms with Crippen molar-refractivity contribution in [1.29, 1.82) is 0 Å². The Kier molecular flexibility index (Phi) is 6.48. The van der Waals surface area contributed by atoms with E-state index in [1.165, 1.54) is 19.3 Å². The zero-order chi connectivity index (χ0) is 26.0. The Labute approximate surface area is 225 Å². The summed E-state index contributed by atoms with van der Waals surface area (Å²) >= 11 is 6.30. The number of nitrogens with zero attached hydrogens (tertiary/aromatic N) is 3. The molecule has 6 nitrogen and oxygen atoms in total. The number of ketones is 1. The van der Waals surface area contributed by atoms with Gasteiger partial charge >= 0.3 is 0 Å². The van der Waals surface area contributed by atoms with Gasteiger partial charge in [0.25, 0.3) is 0 Å². The number of halogens is 1. The molecular formula is C30H42ClN3O3. The van der Waals surface area contributed by atoms with Crippen LogP contribution in [0.25, 0.3) is 11.0 Å². The van der Waals surface area contributed by atoms with Gasteiger partial charge in [-0.1, -0.05) is 24.6 Å². The van der Waals surface area contributed by atoms with Gasteiger partial charge in [0.05, 0.1) is 10.6 Å². The highest BCUT2D eigenvalue weighted by molar-refractivity contribution is 6.34. The van der Waals surface area contributed by atoms with E-state index in [1.807, 2.05) is 32.2 Å². The Hall–Kier alpha value is -1.50. The zero-order valence-electron chi connectivity index (χ0n) is 22.6. The van der Waals surface area contributed by atoms with Gasteiger partial charge in [0.1, 0.15) is 17.6 Å². The van der Waals surface area contributed by atoms with E-state index in [-0.39, 0.29) is 29.1 Å². The summed E-state index contributed by atoms with van der Waals surface area (Å²) < 4.78 is 5.63. The topological polar surface area (TPSA) is 77.2 Å². The van der Waals surface area contributed by atoms with Crippen LogP contribution >= 0.6 is 11.6 Å². The number of fused-ring (bicyclic) bond motifs is 6. The minimum absolute atomic E-state index is 0.0535. The second-order valence-electron chi connectivity index (χ2n) is 13.3. The first kappa shape index (κ1) is 25.8. The summed E-state index contributed by atoms with van der Waals surface area (Å²) in [6.45, 7) is 5.48. The van der Waals surface area contributed by atoms with Crippen LogP contribution in [-0.2, 0) is 16.1 Å². The van der Waals surface area contributed by atoms with Crippen molar-refractivity contribution in [2.45, 2.75) is 90.2 Å². The highest BCUT2D eigenvalue weighted by Gasteiger charge is 2.62.